The van der Waals surface area contributed by atoms with E-state index >= 15 is 0 Å². The van der Waals surface area contributed by atoms with E-state index in [1.807, 2.05) is 0 Å². The van der Waals surface area contributed by atoms with Gasteiger partial charge in [-0.3, -0.25) is 0 Å². The second kappa shape index (κ2) is 7.28. The van der Waals surface area contributed by atoms with Crippen molar-refractivity contribution in [1.82, 2.24) is 0 Å². The molecule has 0 bridgehead atoms. The van der Waals surface area contributed by atoms with E-state index < -0.39 is 0 Å². The van der Waals surface area contributed by atoms with Gasteiger partial charge in [0, 0.05) is 6.04 Å². The first-order valence-electron chi connectivity index (χ1n) is 6.36. The summed E-state index contributed by atoms with van der Waals surface area (Å²) in [5, 5.41) is 0. The Labute approximate surface area is 90.5 Å². The van der Waals surface area contributed by atoms with Crippen LogP contribution in [0.5, 0.6) is 0 Å². The molecule has 14 heavy (non-hydrogen) atoms. The van der Waals surface area contributed by atoms with Gasteiger partial charge in [-0.25, -0.2) is 0 Å². The van der Waals surface area contributed by atoms with Crippen LogP contribution in [0.3, 0.4) is 0 Å². The molecule has 0 aromatic carbocycles. The minimum absolute atomic E-state index is 0.388. The van der Waals surface area contributed by atoms with E-state index in [2.05, 4.69) is 27.7 Å². The zero-order chi connectivity index (χ0) is 11.0. The molecule has 0 aliphatic rings. The topological polar surface area (TPSA) is 26.0 Å². The van der Waals surface area contributed by atoms with Gasteiger partial charge in [-0.15, -0.1) is 0 Å². The van der Waals surface area contributed by atoms with Crippen LogP contribution in [-0.4, -0.2) is 6.04 Å². The molecule has 86 valence electrons. The molecule has 0 aliphatic heterocycles. The molecule has 0 heterocycles. The van der Waals surface area contributed by atoms with E-state index in [4.69, 9.17) is 5.73 Å². The van der Waals surface area contributed by atoms with Crippen LogP contribution in [0.25, 0.3) is 0 Å². The summed E-state index contributed by atoms with van der Waals surface area (Å²) >= 11 is 0. The summed E-state index contributed by atoms with van der Waals surface area (Å²) in [6.45, 7) is 9.14. The molecule has 0 aromatic heterocycles. The molecule has 0 saturated heterocycles. The fourth-order valence-corrected chi connectivity index (χ4v) is 2.41. The zero-order valence-corrected chi connectivity index (χ0v) is 10.6. The monoisotopic (exact) mass is 199 g/mol. The summed E-state index contributed by atoms with van der Waals surface area (Å²) in [7, 11) is 0. The smallest absolute Gasteiger partial charge is 0.00929 e. The molecule has 1 unspecified atom stereocenters. The van der Waals surface area contributed by atoms with Gasteiger partial charge in [-0.05, 0) is 24.7 Å². The lowest BCUT2D eigenvalue weighted by Gasteiger charge is -2.35. The third-order valence-corrected chi connectivity index (χ3v) is 3.41. The highest BCUT2D eigenvalue weighted by Crippen LogP contribution is 2.34. The van der Waals surface area contributed by atoms with E-state index in [1.54, 1.807) is 0 Å². The van der Waals surface area contributed by atoms with Crippen molar-refractivity contribution in [3.05, 3.63) is 0 Å². The minimum atomic E-state index is 0.388. The molecular weight excluding hydrogens is 170 g/mol. The summed E-state index contributed by atoms with van der Waals surface area (Å²) < 4.78 is 0. The highest BCUT2D eigenvalue weighted by atomic mass is 14.7. The van der Waals surface area contributed by atoms with Crippen molar-refractivity contribution in [1.29, 1.82) is 0 Å². The number of unbranched alkanes of at least 4 members (excludes halogenated alkanes) is 1. The molecule has 0 spiro atoms. The summed E-state index contributed by atoms with van der Waals surface area (Å²) in [4.78, 5) is 0. The first-order chi connectivity index (χ1) is 6.60. The van der Waals surface area contributed by atoms with E-state index in [0.717, 1.165) is 0 Å². The molecule has 0 aromatic rings. The molecule has 0 aliphatic carbocycles. The Balaban J connectivity index is 4.15. The van der Waals surface area contributed by atoms with Crippen molar-refractivity contribution in [2.75, 3.05) is 0 Å². The average Bonchev–Trinajstić information content (AvgIpc) is 2.15. The van der Waals surface area contributed by atoms with E-state index in [-0.39, 0.29) is 0 Å². The van der Waals surface area contributed by atoms with Crippen LogP contribution in [0.2, 0.25) is 0 Å². The normalized spacial score (nSPS) is 14.4. The number of hydrogen-bond donors (Lipinski definition) is 1. The second-order valence-corrected chi connectivity index (χ2v) is 4.90. The Morgan fingerprint density at radius 3 is 1.86 bits per heavy atom. The van der Waals surface area contributed by atoms with Crippen molar-refractivity contribution >= 4 is 0 Å². The lowest BCUT2D eigenvalue weighted by Crippen LogP contribution is -2.39. The Morgan fingerprint density at radius 2 is 1.50 bits per heavy atom. The van der Waals surface area contributed by atoms with Crippen molar-refractivity contribution < 1.29 is 0 Å². The molecule has 0 radical (unpaired) electrons. The van der Waals surface area contributed by atoms with Crippen molar-refractivity contribution in [2.45, 2.75) is 78.7 Å². The van der Waals surface area contributed by atoms with E-state index in [0.29, 0.717) is 11.5 Å². The molecule has 0 amide bonds. The van der Waals surface area contributed by atoms with Crippen molar-refractivity contribution in [3.63, 3.8) is 0 Å². The fourth-order valence-electron chi connectivity index (χ4n) is 2.41. The average molecular weight is 199 g/mol. The molecule has 1 heteroatoms. The maximum atomic E-state index is 6.31. The van der Waals surface area contributed by atoms with Crippen molar-refractivity contribution in [2.24, 2.45) is 11.1 Å². The van der Waals surface area contributed by atoms with Gasteiger partial charge in [0.2, 0.25) is 0 Å². The maximum absolute atomic E-state index is 6.31. The van der Waals surface area contributed by atoms with Gasteiger partial charge in [0.1, 0.15) is 0 Å². The van der Waals surface area contributed by atoms with Gasteiger partial charge in [-0.2, -0.15) is 0 Å². The number of nitrogens with two attached hydrogens (primary N) is 1. The first-order valence-corrected chi connectivity index (χ1v) is 6.36. The fraction of sp³-hybridized carbons (Fsp3) is 1.00. The Morgan fingerprint density at radius 1 is 1.00 bits per heavy atom. The van der Waals surface area contributed by atoms with Gasteiger partial charge < -0.3 is 5.73 Å². The van der Waals surface area contributed by atoms with E-state index in [9.17, 15) is 0 Å². The van der Waals surface area contributed by atoms with Crippen LogP contribution in [0.15, 0.2) is 0 Å². The Hall–Kier alpha value is -0.0400. The summed E-state index contributed by atoms with van der Waals surface area (Å²) in [5.41, 5.74) is 6.70. The lowest BCUT2D eigenvalue weighted by molar-refractivity contribution is 0.197. The zero-order valence-electron chi connectivity index (χ0n) is 10.6. The number of rotatable bonds is 8. The van der Waals surface area contributed by atoms with Crippen LogP contribution < -0.4 is 5.73 Å². The molecule has 1 atom stereocenters. The Kier molecular flexibility index (Phi) is 7.26. The van der Waals surface area contributed by atoms with Gasteiger partial charge in [0.05, 0.1) is 0 Å². The molecule has 1 nitrogen and oxygen atoms in total. The predicted molar refractivity (Wildman–Crippen MR) is 65.4 cm³/mol. The van der Waals surface area contributed by atoms with Crippen LogP contribution in [0, 0.1) is 5.41 Å². The molecule has 0 rings (SSSR count). The summed E-state index contributed by atoms with van der Waals surface area (Å²) in [6, 6.07) is 0.405. The summed E-state index contributed by atoms with van der Waals surface area (Å²) in [5.74, 6) is 0. The van der Waals surface area contributed by atoms with Crippen molar-refractivity contribution in [3.8, 4) is 0 Å². The van der Waals surface area contributed by atoms with E-state index in [1.165, 1.54) is 44.9 Å². The SMILES string of the molecule is CCCCC(N)C(C)(CCC)CCC. The van der Waals surface area contributed by atoms with Gasteiger partial charge in [0.15, 0.2) is 0 Å². The highest BCUT2D eigenvalue weighted by Gasteiger charge is 2.29. The molecule has 0 saturated carbocycles. The largest absolute Gasteiger partial charge is 0.327 e. The minimum Gasteiger partial charge on any atom is -0.327 e. The summed E-state index contributed by atoms with van der Waals surface area (Å²) in [6.07, 6.45) is 8.84. The predicted octanol–water partition coefficient (Wildman–Crippen LogP) is 4.11. The van der Waals surface area contributed by atoms with Gasteiger partial charge >= 0.3 is 0 Å². The van der Waals surface area contributed by atoms with Crippen LogP contribution in [0.1, 0.15) is 72.6 Å². The standard InChI is InChI=1S/C13H29N/c1-5-8-9-12(14)13(4,10-6-2)11-7-3/h12H,5-11,14H2,1-4H3. The van der Waals surface area contributed by atoms with Gasteiger partial charge in [0.25, 0.3) is 0 Å². The van der Waals surface area contributed by atoms with Crippen LogP contribution in [-0.2, 0) is 0 Å². The molecular formula is C13H29N. The maximum Gasteiger partial charge on any atom is 0.00929 e. The van der Waals surface area contributed by atoms with Crippen LogP contribution in [0.4, 0.5) is 0 Å². The second-order valence-electron chi connectivity index (χ2n) is 4.90. The number of hydrogen-bond acceptors (Lipinski definition) is 1. The first kappa shape index (κ1) is 14.0. The Bertz CT molecular complexity index is 125. The third-order valence-electron chi connectivity index (χ3n) is 3.41. The third kappa shape index (κ3) is 4.45. The quantitative estimate of drug-likeness (QED) is 0.625. The molecule has 2 N–H and O–H groups in total. The van der Waals surface area contributed by atoms with Crippen LogP contribution >= 0.6 is 0 Å². The van der Waals surface area contributed by atoms with Gasteiger partial charge in [-0.1, -0.05) is 53.4 Å². The highest BCUT2D eigenvalue weighted by molar-refractivity contribution is 4.84. The lowest BCUT2D eigenvalue weighted by atomic mass is 9.73. The molecule has 0 fully saturated rings.